The molecule has 1 aromatic rings. The standard InChI is InChI=1S/C12H16O5S/c1-16-10-8-12(18(3,14)15)11(17-2)7-9(10)5-4-6-13/h6-8H,4-5H2,1-3H3. The summed E-state index contributed by atoms with van der Waals surface area (Å²) in [7, 11) is -0.531. The zero-order valence-electron chi connectivity index (χ0n) is 10.6. The molecule has 100 valence electrons. The fraction of sp³-hybridized carbons (Fsp3) is 0.417. The summed E-state index contributed by atoms with van der Waals surface area (Å²) in [5.74, 6) is 0.706. The van der Waals surface area contributed by atoms with Crippen molar-refractivity contribution in [3.63, 3.8) is 0 Å². The van der Waals surface area contributed by atoms with Crippen molar-refractivity contribution >= 4 is 16.1 Å². The van der Waals surface area contributed by atoms with Crippen LogP contribution in [-0.4, -0.2) is 35.2 Å². The average Bonchev–Trinajstić information content (AvgIpc) is 2.33. The molecule has 0 aromatic heterocycles. The number of carbonyl (C=O) groups excluding carboxylic acids is 1. The van der Waals surface area contributed by atoms with Gasteiger partial charge in [-0.1, -0.05) is 0 Å². The van der Waals surface area contributed by atoms with E-state index in [2.05, 4.69) is 0 Å². The van der Waals surface area contributed by atoms with Gasteiger partial charge >= 0.3 is 0 Å². The van der Waals surface area contributed by atoms with E-state index in [9.17, 15) is 13.2 Å². The van der Waals surface area contributed by atoms with Gasteiger partial charge in [0.05, 0.1) is 14.2 Å². The highest BCUT2D eigenvalue weighted by atomic mass is 32.2. The van der Waals surface area contributed by atoms with Crippen molar-refractivity contribution in [2.45, 2.75) is 17.7 Å². The summed E-state index contributed by atoms with van der Waals surface area (Å²) in [6.07, 6.45) is 2.73. The molecular weight excluding hydrogens is 256 g/mol. The molecule has 5 nitrogen and oxygen atoms in total. The molecule has 0 bridgehead atoms. The largest absolute Gasteiger partial charge is 0.496 e. The van der Waals surface area contributed by atoms with Gasteiger partial charge in [0.2, 0.25) is 0 Å². The third-order valence-electron chi connectivity index (χ3n) is 2.50. The van der Waals surface area contributed by atoms with Crippen LogP contribution in [0.3, 0.4) is 0 Å². The van der Waals surface area contributed by atoms with E-state index in [1.54, 1.807) is 6.07 Å². The second-order valence-corrected chi connectivity index (χ2v) is 5.78. The van der Waals surface area contributed by atoms with Crippen LogP contribution < -0.4 is 9.47 Å². The van der Waals surface area contributed by atoms with Crippen molar-refractivity contribution in [3.05, 3.63) is 17.7 Å². The maximum Gasteiger partial charge on any atom is 0.179 e. The summed E-state index contributed by atoms with van der Waals surface area (Å²) in [5, 5.41) is 0. The highest BCUT2D eigenvalue weighted by Crippen LogP contribution is 2.32. The van der Waals surface area contributed by atoms with Crippen LogP contribution >= 0.6 is 0 Å². The van der Waals surface area contributed by atoms with Crippen molar-refractivity contribution in [2.75, 3.05) is 20.5 Å². The molecule has 0 aliphatic heterocycles. The third-order valence-corrected chi connectivity index (χ3v) is 3.62. The smallest absolute Gasteiger partial charge is 0.179 e. The number of carbonyl (C=O) groups is 1. The molecule has 0 saturated heterocycles. The highest BCUT2D eigenvalue weighted by molar-refractivity contribution is 7.90. The first-order chi connectivity index (χ1) is 8.43. The van der Waals surface area contributed by atoms with Crippen LogP contribution in [0.2, 0.25) is 0 Å². The summed E-state index contributed by atoms with van der Waals surface area (Å²) < 4.78 is 33.4. The predicted octanol–water partition coefficient (Wildman–Crippen LogP) is 1.24. The number of benzene rings is 1. The molecule has 0 heterocycles. The Morgan fingerprint density at radius 2 is 1.78 bits per heavy atom. The lowest BCUT2D eigenvalue weighted by molar-refractivity contribution is -0.107. The second-order valence-electron chi connectivity index (χ2n) is 3.79. The first-order valence-electron chi connectivity index (χ1n) is 5.32. The lowest BCUT2D eigenvalue weighted by Crippen LogP contribution is -2.04. The molecule has 0 unspecified atom stereocenters. The summed E-state index contributed by atoms with van der Waals surface area (Å²) in [6, 6.07) is 3.02. The van der Waals surface area contributed by atoms with Gasteiger partial charge < -0.3 is 14.3 Å². The van der Waals surface area contributed by atoms with Crippen LogP contribution in [0, 0.1) is 0 Å². The van der Waals surface area contributed by atoms with Crippen LogP contribution in [0.15, 0.2) is 17.0 Å². The topological polar surface area (TPSA) is 69.7 Å². The number of hydrogen-bond acceptors (Lipinski definition) is 5. The van der Waals surface area contributed by atoms with Gasteiger partial charge in [0.1, 0.15) is 22.7 Å². The maximum absolute atomic E-state index is 11.6. The number of aryl methyl sites for hydroxylation is 1. The van der Waals surface area contributed by atoms with E-state index in [-0.39, 0.29) is 10.6 Å². The number of ether oxygens (including phenoxy) is 2. The molecule has 0 N–H and O–H groups in total. The lowest BCUT2D eigenvalue weighted by Gasteiger charge is -2.13. The number of methoxy groups -OCH3 is 2. The van der Waals surface area contributed by atoms with Crippen molar-refractivity contribution < 1.29 is 22.7 Å². The van der Waals surface area contributed by atoms with E-state index in [0.29, 0.717) is 18.6 Å². The molecule has 0 saturated carbocycles. The number of aldehydes is 1. The van der Waals surface area contributed by atoms with E-state index < -0.39 is 9.84 Å². The number of rotatable bonds is 6. The Hall–Kier alpha value is -1.56. The van der Waals surface area contributed by atoms with Gasteiger partial charge in [-0.2, -0.15) is 0 Å². The molecule has 0 aliphatic rings. The Kier molecular flexibility index (Phi) is 4.72. The molecule has 1 aromatic carbocycles. The first kappa shape index (κ1) is 14.5. The van der Waals surface area contributed by atoms with E-state index in [1.807, 2.05) is 0 Å². The normalized spacial score (nSPS) is 11.1. The van der Waals surface area contributed by atoms with Crippen LogP contribution in [0.4, 0.5) is 0 Å². The Morgan fingerprint density at radius 1 is 1.17 bits per heavy atom. The predicted molar refractivity (Wildman–Crippen MR) is 67.0 cm³/mol. The van der Waals surface area contributed by atoms with Crippen LogP contribution in [-0.2, 0) is 21.1 Å². The Balaban J connectivity index is 3.36. The molecule has 0 aliphatic carbocycles. The van der Waals surface area contributed by atoms with E-state index in [4.69, 9.17) is 9.47 Å². The van der Waals surface area contributed by atoms with E-state index >= 15 is 0 Å². The zero-order chi connectivity index (χ0) is 13.8. The Bertz CT molecular complexity index is 534. The molecule has 0 radical (unpaired) electrons. The van der Waals surface area contributed by atoms with Gasteiger partial charge in [-0.25, -0.2) is 8.42 Å². The summed E-state index contributed by atoms with van der Waals surface area (Å²) >= 11 is 0. The van der Waals surface area contributed by atoms with Gasteiger partial charge in [0.25, 0.3) is 0 Å². The molecule has 0 atom stereocenters. The highest BCUT2D eigenvalue weighted by Gasteiger charge is 2.18. The Morgan fingerprint density at radius 3 is 2.22 bits per heavy atom. The summed E-state index contributed by atoms with van der Waals surface area (Å²) in [5.41, 5.74) is 0.744. The molecule has 0 spiro atoms. The molecule has 1 rings (SSSR count). The third kappa shape index (κ3) is 3.22. The average molecular weight is 272 g/mol. The molecule has 0 fully saturated rings. The second kappa shape index (κ2) is 5.86. The van der Waals surface area contributed by atoms with Crippen molar-refractivity contribution in [1.29, 1.82) is 0 Å². The monoisotopic (exact) mass is 272 g/mol. The minimum Gasteiger partial charge on any atom is -0.496 e. The van der Waals surface area contributed by atoms with Gasteiger partial charge in [0.15, 0.2) is 9.84 Å². The van der Waals surface area contributed by atoms with Crippen LogP contribution in [0.5, 0.6) is 11.5 Å². The van der Waals surface area contributed by atoms with Crippen molar-refractivity contribution in [3.8, 4) is 11.5 Å². The molecular formula is C12H16O5S. The zero-order valence-corrected chi connectivity index (χ0v) is 11.4. The molecule has 0 amide bonds. The number of hydrogen-bond donors (Lipinski definition) is 0. The minimum absolute atomic E-state index is 0.0803. The SMILES string of the molecule is COc1cc(S(C)(=O)=O)c(OC)cc1CCC=O. The molecule has 18 heavy (non-hydrogen) atoms. The van der Waals surface area contributed by atoms with Crippen molar-refractivity contribution in [1.82, 2.24) is 0 Å². The molecule has 6 heteroatoms. The first-order valence-corrected chi connectivity index (χ1v) is 7.21. The van der Waals surface area contributed by atoms with Crippen molar-refractivity contribution in [2.24, 2.45) is 0 Å². The summed E-state index contributed by atoms with van der Waals surface area (Å²) in [4.78, 5) is 10.5. The fourth-order valence-corrected chi connectivity index (χ4v) is 2.46. The maximum atomic E-state index is 11.6. The minimum atomic E-state index is -3.39. The van der Waals surface area contributed by atoms with Crippen LogP contribution in [0.25, 0.3) is 0 Å². The van der Waals surface area contributed by atoms with Gasteiger partial charge in [0, 0.05) is 18.7 Å². The van der Waals surface area contributed by atoms with Gasteiger partial charge in [-0.15, -0.1) is 0 Å². The fourth-order valence-electron chi connectivity index (χ4n) is 1.63. The number of sulfone groups is 1. The Labute approximate surface area is 107 Å². The lowest BCUT2D eigenvalue weighted by atomic mass is 10.1. The van der Waals surface area contributed by atoms with Gasteiger partial charge in [-0.05, 0) is 18.1 Å². The van der Waals surface area contributed by atoms with E-state index in [1.165, 1.54) is 20.3 Å². The quantitative estimate of drug-likeness (QED) is 0.729. The summed E-state index contributed by atoms with van der Waals surface area (Å²) in [6.45, 7) is 0. The van der Waals surface area contributed by atoms with Gasteiger partial charge in [-0.3, -0.25) is 0 Å². The van der Waals surface area contributed by atoms with E-state index in [0.717, 1.165) is 18.1 Å². The van der Waals surface area contributed by atoms with Crippen LogP contribution in [0.1, 0.15) is 12.0 Å².